The summed E-state index contributed by atoms with van der Waals surface area (Å²) >= 11 is 0. The van der Waals surface area contributed by atoms with Gasteiger partial charge in [-0.2, -0.15) is 0 Å². The van der Waals surface area contributed by atoms with E-state index in [-0.39, 0.29) is 11.3 Å². The highest BCUT2D eigenvalue weighted by molar-refractivity contribution is 5.94. The Bertz CT molecular complexity index is 593. The molecule has 1 saturated carbocycles. The van der Waals surface area contributed by atoms with Crippen molar-refractivity contribution in [3.63, 3.8) is 0 Å². The minimum absolute atomic E-state index is 0.0829. The molecule has 1 aliphatic heterocycles. The number of nitrogens with one attached hydrogen (secondary N) is 1. The number of hydrogen-bond donors (Lipinski definition) is 1. The van der Waals surface area contributed by atoms with E-state index < -0.39 is 0 Å². The van der Waals surface area contributed by atoms with Gasteiger partial charge in [0.05, 0.1) is 0 Å². The van der Waals surface area contributed by atoms with Gasteiger partial charge in [-0.15, -0.1) is 0 Å². The first kappa shape index (κ1) is 14.4. The number of pyridine rings is 1. The molecule has 21 heavy (non-hydrogen) atoms. The zero-order chi connectivity index (χ0) is 15.0. The van der Waals surface area contributed by atoms with Crippen molar-refractivity contribution in [1.82, 2.24) is 9.88 Å². The molecule has 114 valence electrons. The number of carbonyl (C=O) groups excluding carboxylic acids is 1. The van der Waals surface area contributed by atoms with Gasteiger partial charge >= 0.3 is 0 Å². The van der Waals surface area contributed by atoms with E-state index in [9.17, 15) is 9.59 Å². The number of likely N-dealkylation sites (tertiary alicyclic amines) is 1. The Morgan fingerprint density at radius 2 is 2.14 bits per heavy atom. The van der Waals surface area contributed by atoms with Gasteiger partial charge in [0.2, 0.25) is 0 Å². The summed E-state index contributed by atoms with van der Waals surface area (Å²) in [6.45, 7) is 4.93. The van der Waals surface area contributed by atoms with E-state index in [1.54, 1.807) is 6.20 Å². The molecule has 0 bridgehead atoms. The third kappa shape index (κ3) is 2.76. The lowest BCUT2D eigenvalue weighted by Crippen LogP contribution is -2.51. The molecule has 1 aliphatic carbocycles. The Hall–Kier alpha value is -1.58. The van der Waals surface area contributed by atoms with Gasteiger partial charge in [-0.1, -0.05) is 6.92 Å². The quantitative estimate of drug-likeness (QED) is 0.864. The summed E-state index contributed by atoms with van der Waals surface area (Å²) < 4.78 is 0. The molecule has 1 amide bonds. The van der Waals surface area contributed by atoms with E-state index in [0.29, 0.717) is 17.5 Å². The molecule has 1 saturated heterocycles. The molecule has 3 atom stereocenters. The van der Waals surface area contributed by atoms with Crippen molar-refractivity contribution in [1.29, 1.82) is 0 Å². The molecule has 2 heterocycles. The van der Waals surface area contributed by atoms with Gasteiger partial charge in [-0.3, -0.25) is 9.59 Å². The molecule has 1 aromatic rings. The molecular weight excluding hydrogens is 264 g/mol. The number of nitrogens with zero attached hydrogens (tertiary/aromatic N) is 1. The van der Waals surface area contributed by atoms with Crippen LogP contribution < -0.4 is 5.43 Å². The second kappa shape index (κ2) is 5.66. The van der Waals surface area contributed by atoms with Crippen LogP contribution in [0.3, 0.4) is 0 Å². The van der Waals surface area contributed by atoms with E-state index in [2.05, 4.69) is 11.9 Å². The highest BCUT2D eigenvalue weighted by atomic mass is 16.2. The van der Waals surface area contributed by atoms with Crippen LogP contribution in [-0.2, 0) is 0 Å². The first-order valence-electron chi connectivity index (χ1n) is 8.06. The molecule has 0 spiro atoms. The summed E-state index contributed by atoms with van der Waals surface area (Å²) in [5, 5.41) is 0. The smallest absolute Gasteiger partial charge is 0.259 e. The summed E-state index contributed by atoms with van der Waals surface area (Å²) in [5.74, 6) is 1.31. The number of aryl methyl sites for hydroxylation is 1. The van der Waals surface area contributed by atoms with Crippen LogP contribution in [0.2, 0.25) is 0 Å². The summed E-state index contributed by atoms with van der Waals surface area (Å²) in [7, 11) is 0. The minimum Gasteiger partial charge on any atom is -0.364 e. The van der Waals surface area contributed by atoms with Crippen molar-refractivity contribution < 1.29 is 4.79 Å². The van der Waals surface area contributed by atoms with Gasteiger partial charge in [0.15, 0.2) is 5.43 Å². The first-order valence-corrected chi connectivity index (χ1v) is 8.06. The van der Waals surface area contributed by atoms with Gasteiger partial charge in [0, 0.05) is 30.5 Å². The number of H-pyrrole nitrogens is 1. The van der Waals surface area contributed by atoms with Crippen LogP contribution in [0, 0.1) is 18.8 Å². The Morgan fingerprint density at radius 3 is 2.90 bits per heavy atom. The third-order valence-electron chi connectivity index (χ3n) is 5.13. The van der Waals surface area contributed by atoms with Crippen molar-refractivity contribution in [3.05, 3.63) is 33.7 Å². The van der Waals surface area contributed by atoms with Gasteiger partial charge in [0.25, 0.3) is 5.91 Å². The predicted molar refractivity (Wildman–Crippen MR) is 82.4 cm³/mol. The van der Waals surface area contributed by atoms with Gasteiger partial charge in [-0.05, 0) is 50.9 Å². The van der Waals surface area contributed by atoms with Crippen molar-refractivity contribution in [2.45, 2.75) is 52.0 Å². The second-order valence-electron chi connectivity index (χ2n) is 6.78. The number of amides is 1. The topological polar surface area (TPSA) is 53.2 Å². The van der Waals surface area contributed by atoms with Gasteiger partial charge in [-0.25, -0.2) is 0 Å². The van der Waals surface area contributed by atoms with Gasteiger partial charge < -0.3 is 9.88 Å². The molecule has 1 N–H and O–H groups in total. The number of carbonyl (C=O) groups is 1. The van der Waals surface area contributed by atoms with Crippen LogP contribution in [0.15, 0.2) is 17.1 Å². The second-order valence-corrected chi connectivity index (χ2v) is 6.78. The number of hydrogen-bond acceptors (Lipinski definition) is 2. The van der Waals surface area contributed by atoms with Crippen LogP contribution in [-0.4, -0.2) is 28.4 Å². The maximum Gasteiger partial charge on any atom is 0.259 e. The normalized spacial score (nSPS) is 29.0. The first-order chi connectivity index (χ1) is 10.1. The molecular formula is C17H24N2O2. The minimum atomic E-state index is -0.164. The predicted octanol–water partition coefficient (Wildman–Crippen LogP) is 2.72. The van der Waals surface area contributed by atoms with E-state index in [0.717, 1.165) is 31.0 Å². The van der Waals surface area contributed by atoms with Crippen molar-refractivity contribution in [2.75, 3.05) is 6.54 Å². The monoisotopic (exact) mass is 288 g/mol. The maximum absolute atomic E-state index is 12.8. The lowest BCUT2D eigenvalue weighted by molar-refractivity contribution is 0.0320. The number of aromatic nitrogens is 1. The largest absolute Gasteiger partial charge is 0.364 e. The Morgan fingerprint density at radius 1 is 1.33 bits per heavy atom. The van der Waals surface area contributed by atoms with E-state index >= 15 is 0 Å². The zero-order valence-electron chi connectivity index (χ0n) is 12.9. The van der Waals surface area contributed by atoms with Crippen LogP contribution in [0.5, 0.6) is 0 Å². The molecule has 1 aromatic heterocycles. The van der Waals surface area contributed by atoms with Crippen molar-refractivity contribution >= 4 is 5.91 Å². The fourth-order valence-electron chi connectivity index (χ4n) is 4.04. The fourth-order valence-corrected chi connectivity index (χ4v) is 4.04. The molecule has 4 nitrogen and oxygen atoms in total. The van der Waals surface area contributed by atoms with Crippen LogP contribution in [0.25, 0.3) is 0 Å². The highest BCUT2D eigenvalue weighted by Gasteiger charge is 2.38. The van der Waals surface area contributed by atoms with Crippen molar-refractivity contribution in [3.8, 4) is 0 Å². The van der Waals surface area contributed by atoms with E-state index in [1.807, 2.05) is 11.8 Å². The summed E-state index contributed by atoms with van der Waals surface area (Å²) in [6.07, 6.45) is 7.36. The van der Waals surface area contributed by atoms with E-state index in [4.69, 9.17) is 0 Å². The summed E-state index contributed by atoms with van der Waals surface area (Å²) in [6, 6.07) is 1.85. The molecule has 4 heteroatoms. The standard InChI is InChI=1S/C17H24N2O2/c1-11-5-6-15-13(8-11)4-3-7-19(15)17(21)14-10-18-12(2)9-16(14)20/h9-11,13,15H,3-8H2,1-2H3,(H,18,20). The Kier molecular flexibility index (Phi) is 3.87. The third-order valence-corrected chi connectivity index (χ3v) is 5.13. The number of fused-ring (bicyclic) bond motifs is 1. The lowest BCUT2D eigenvalue weighted by Gasteiger charge is -2.45. The number of rotatable bonds is 1. The molecule has 0 radical (unpaired) electrons. The van der Waals surface area contributed by atoms with E-state index in [1.165, 1.54) is 25.3 Å². The summed E-state index contributed by atoms with van der Waals surface area (Å²) in [4.78, 5) is 29.8. The highest BCUT2D eigenvalue weighted by Crippen LogP contribution is 2.38. The van der Waals surface area contributed by atoms with Crippen LogP contribution in [0.4, 0.5) is 0 Å². The fraction of sp³-hybridized carbons (Fsp3) is 0.647. The number of piperidine rings is 1. The number of aromatic amines is 1. The Labute approximate surface area is 125 Å². The molecule has 3 rings (SSSR count). The summed E-state index contributed by atoms with van der Waals surface area (Å²) in [5.41, 5.74) is 0.919. The van der Waals surface area contributed by atoms with Gasteiger partial charge in [0.1, 0.15) is 5.56 Å². The van der Waals surface area contributed by atoms with Crippen LogP contribution in [0.1, 0.15) is 55.1 Å². The molecule has 2 aliphatic rings. The lowest BCUT2D eigenvalue weighted by atomic mass is 9.74. The molecule has 0 aromatic carbocycles. The molecule has 3 unspecified atom stereocenters. The average Bonchev–Trinajstić information content (AvgIpc) is 2.45. The molecule has 2 fully saturated rings. The van der Waals surface area contributed by atoms with Crippen molar-refractivity contribution in [2.24, 2.45) is 11.8 Å². The van der Waals surface area contributed by atoms with Crippen LogP contribution >= 0.6 is 0 Å². The SMILES string of the molecule is Cc1cc(=O)c(C(=O)N2CCCC3CC(C)CCC32)c[nH]1. The maximum atomic E-state index is 12.8. The zero-order valence-corrected chi connectivity index (χ0v) is 12.9. The Balaban J connectivity index is 1.85. The average molecular weight is 288 g/mol.